The first-order valence-electron chi connectivity index (χ1n) is 5.56. The summed E-state index contributed by atoms with van der Waals surface area (Å²) >= 11 is 3.25. The zero-order chi connectivity index (χ0) is 12.4. The zero-order valence-electron chi connectivity index (χ0n) is 9.54. The summed E-state index contributed by atoms with van der Waals surface area (Å²) in [6.07, 6.45) is 0. The molecule has 0 unspecified atom stereocenters. The predicted molar refractivity (Wildman–Crippen MR) is 67.5 cm³/mol. The van der Waals surface area contributed by atoms with E-state index in [1.54, 1.807) is 11.0 Å². The van der Waals surface area contributed by atoms with Gasteiger partial charge in [0.25, 0.3) is 5.91 Å². The van der Waals surface area contributed by atoms with Crippen LogP contribution < -0.4 is 5.32 Å². The van der Waals surface area contributed by atoms with Gasteiger partial charge in [-0.25, -0.2) is 4.39 Å². The number of carbonyl (C=O) groups excluding carboxylic acids is 1. The highest BCUT2D eigenvalue weighted by molar-refractivity contribution is 9.10. The van der Waals surface area contributed by atoms with E-state index in [1.807, 2.05) is 6.92 Å². The molecule has 1 heterocycles. The number of halogens is 2. The molecule has 1 saturated heterocycles. The second kappa shape index (κ2) is 5.14. The number of benzene rings is 1. The summed E-state index contributed by atoms with van der Waals surface area (Å²) in [5, 5.41) is 3.20. The first kappa shape index (κ1) is 12.5. The molecule has 1 aromatic rings. The van der Waals surface area contributed by atoms with Gasteiger partial charge in [0.15, 0.2) is 0 Å². The third-order valence-corrected chi connectivity index (χ3v) is 3.41. The lowest BCUT2D eigenvalue weighted by Gasteiger charge is -2.34. The Hall–Kier alpha value is -0.940. The van der Waals surface area contributed by atoms with E-state index < -0.39 is 5.82 Å². The molecule has 92 valence electrons. The average Bonchev–Trinajstić information content (AvgIpc) is 2.32. The summed E-state index contributed by atoms with van der Waals surface area (Å²) in [7, 11) is 0. The van der Waals surface area contributed by atoms with Crippen molar-refractivity contribution in [2.75, 3.05) is 19.6 Å². The minimum atomic E-state index is -0.469. The van der Waals surface area contributed by atoms with Crippen LogP contribution in [0.4, 0.5) is 4.39 Å². The lowest BCUT2D eigenvalue weighted by Crippen LogP contribution is -2.52. The van der Waals surface area contributed by atoms with Gasteiger partial charge in [0.1, 0.15) is 5.82 Å². The number of amides is 1. The van der Waals surface area contributed by atoms with Gasteiger partial charge in [-0.2, -0.15) is 0 Å². The van der Waals surface area contributed by atoms with Crippen LogP contribution in [0, 0.1) is 5.82 Å². The summed E-state index contributed by atoms with van der Waals surface area (Å²) in [5.74, 6) is -0.707. The molecule has 0 aromatic heterocycles. The van der Waals surface area contributed by atoms with Gasteiger partial charge in [-0.15, -0.1) is 0 Å². The average molecular weight is 301 g/mol. The minimum Gasteiger partial charge on any atom is -0.333 e. The van der Waals surface area contributed by atoms with E-state index in [4.69, 9.17) is 0 Å². The number of hydrogen-bond donors (Lipinski definition) is 1. The number of carbonyl (C=O) groups is 1. The molecular weight excluding hydrogens is 287 g/mol. The molecule has 5 heteroatoms. The molecule has 0 bridgehead atoms. The Morgan fingerprint density at radius 2 is 2.35 bits per heavy atom. The Morgan fingerprint density at radius 3 is 3.06 bits per heavy atom. The molecule has 3 nitrogen and oxygen atoms in total. The number of nitrogens with one attached hydrogen (secondary N) is 1. The van der Waals surface area contributed by atoms with Crippen molar-refractivity contribution < 1.29 is 9.18 Å². The molecule has 1 fully saturated rings. The number of hydrogen-bond acceptors (Lipinski definition) is 2. The highest BCUT2D eigenvalue weighted by atomic mass is 79.9. The van der Waals surface area contributed by atoms with Gasteiger partial charge in [-0.3, -0.25) is 4.79 Å². The van der Waals surface area contributed by atoms with E-state index in [-0.39, 0.29) is 17.5 Å². The Labute approximate surface area is 108 Å². The monoisotopic (exact) mass is 300 g/mol. The summed E-state index contributed by atoms with van der Waals surface area (Å²) in [6.45, 7) is 4.08. The second-order valence-electron chi connectivity index (χ2n) is 4.18. The fourth-order valence-corrected chi connectivity index (χ4v) is 2.32. The van der Waals surface area contributed by atoms with Crippen molar-refractivity contribution >= 4 is 21.8 Å². The molecule has 0 saturated carbocycles. The standard InChI is InChI=1S/C12H14BrFN2O/c1-8-7-15-4-5-16(8)12(17)10-6-9(13)2-3-11(10)14/h2-3,6,8,15H,4-5,7H2,1H3/t8-/m1/s1. The highest BCUT2D eigenvalue weighted by Gasteiger charge is 2.25. The largest absolute Gasteiger partial charge is 0.333 e. The first-order valence-corrected chi connectivity index (χ1v) is 6.35. The molecule has 0 spiro atoms. The van der Waals surface area contributed by atoms with Gasteiger partial charge in [0.2, 0.25) is 0 Å². The van der Waals surface area contributed by atoms with Crippen molar-refractivity contribution in [3.05, 3.63) is 34.1 Å². The van der Waals surface area contributed by atoms with Crippen molar-refractivity contribution in [3.63, 3.8) is 0 Å². The van der Waals surface area contributed by atoms with Crippen molar-refractivity contribution in [3.8, 4) is 0 Å². The molecule has 1 aromatic carbocycles. The van der Waals surface area contributed by atoms with Crippen molar-refractivity contribution in [1.82, 2.24) is 10.2 Å². The maximum atomic E-state index is 13.6. The minimum absolute atomic E-state index is 0.0923. The number of nitrogens with zero attached hydrogens (tertiary/aromatic N) is 1. The fourth-order valence-electron chi connectivity index (χ4n) is 1.96. The molecule has 1 aliphatic heterocycles. The van der Waals surface area contributed by atoms with Crippen LogP contribution >= 0.6 is 15.9 Å². The van der Waals surface area contributed by atoms with Crippen LogP contribution in [0.2, 0.25) is 0 Å². The summed E-state index contributed by atoms with van der Waals surface area (Å²) < 4.78 is 14.3. The van der Waals surface area contributed by atoms with E-state index in [2.05, 4.69) is 21.2 Å². The van der Waals surface area contributed by atoms with E-state index in [1.165, 1.54) is 12.1 Å². The smallest absolute Gasteiger partial charge is 0.257 e. The van der Waals surface area contributed by atoms with E-state index in [0.29, 0.717) is 11.0 Å². The van der Waals surface area contributed by atoms with Crippen LogP contribution in [-0.2, 0) is 0 Å². The third kappa shape index (κ3) is 2.66. The maximum absolute atomic E-state index is 13.6. The van der Waals surface area contributed by atoms with Gasteiger partial charge >= 0.3 is 0 Å². The van der Waals surface area contributed by atoms with Crippen LogP contribution in [0.3, 0.4) is 0 Å². The molecule has 2 rings (SSSR count). The van der Waals surface area contributed by atoms with Crippen LogP contribution in [0.1, 0.15) is 17.3 Å². The predicted octanol–water partition coefficient (Wildman–Crippen LogP) is 2.02. The summed E-state index contributed by atoms with van der Waals surface area (Å²) in [4.78, 5) is 13.9. The first-order chi connectivity index (χ1) is 8.09. The molecule has 0 aliphatic carbocycles. The highest BCUT2D eigenvalue weighted by Crippen LogP contribution is 2.18. The normalized spacial score (nSPS) is 20.4. The van der Waals surface area contributed by atoms with Gasteiger partial charge in [0.05, 0.1) is 5.56 Å². The van der Waals surface area contributed by atoms with Gasteiger partial charge in [-0.05, 0) is 25.1 Å². The molecule has 17 heavy (non-hydrogen) atoms. The lowest BCUT2D eigenvalue weighted by molar-refractivity contribution is 0.0651. The quantitative estimate of drug-likeness (QED) is 0.861. The second-order valence-corrected chi connectivity index (χ2v) is 5.09. The van der Waals surface area contributed by atoms with E-state index >= 15 is 0 Å². The Morgan fingerprint density at radius 1 is 1.59 bits per heavy atom. The molecular formula is C12H14BrFN2O. The van der Waals surface area contributed by atoms with Gasteiger partial charge < -0.3 is 10.2 Å². The van der Waals surface area contributed by atoms with Crippen molar-refractivity contribution in [1.29, 1.82) is 0 Å². The molecule has 1 amide bonds. The van der Waals surface area contributed by atoms with Crippen LogP contribution in [0.25, 0.3) is 0 Å². The maximum Gasteiger partial charge on any atom is 0.257 e. The lowest BCUT2D eigenvalue weighted by atomic mass is 10.1. The van der Waals surface area contributed by atoms with Crippen molar-refractivity contribution in [2.24, 2.45) is 0 Å². The molecule has 1 aliphatic rings. The number of piperazine rings is 1. The third-order valence-electron chi connectivity index (χ3n) is 2.92. The topological polar surface area (TPSA) is 32.3 Å². The molecule has 1 N–H and O–H groups in total. The molecule has 0 radical (unpaired) electrons. The summed E-state index contributed by atoms with van der Waals surface area (Å²) in [6, 6.07) is 4.53. The Bertz CT molecular complexity index is 439. The number of rotatable bonds is 1. The SMILES string of the molecule is C[C@@H]1CNCCN1C(=O)c1cc(Br)ccc1F. The van der Waals surface area contributed by atoms with E-state index in [9.17, 15) is 9.18 Å². The fraction of sp³-hybridized carbons (Fsp3) is 0.417. The molecule has 1 atom stereocenters. The van der Waals surface area contributed by atoms with Crippen molar-refractivity contribution in [2.45, 2.75) is 13.0 Å². The van der Waals surface area contributed by atoms with E-state index in [0.717, 1.165) is 13.1 Å². The van der Waals surface area contributed by atoms with Crippen LogP contribution in [-0.4, -0.2) is 36.5 Å². The van der Waals surface area contributed by atoms with Gasteiger partial charge in [0, 0.05) is 30.1 Å². The zero-order valence-corrected chi connectivity index (χ0v) is 11.1. The Balaban J connectivity index is 2.26. The Kier molecular flexibility index (Phi) is 3.79. The van der Waals surface area contributed by atoms with Crippen LogP contribution in [0.15, 0.2) is 22.7 Å². The summed E-state index contributed by atoms with van der Waals surface area (Å²) in [5.41, 5.74) is 0.133. The van der Waals surface area contributed by atoms with Crippen LogP contribution in [0.5, 0.6) is 0 Å². The van der Waals surface area contributed by atoms with Gasteiger partial charge in [-0.1, -0.05) is 15.9 Å².